The summed E-state index contributed by atoms with van der Waals surface area (Å²) < 4.78 is 0. The van der Waals surface area contributed by atoms with Crippen molar-refractivity contribution in [3.8, 4) is 0 Å². The Morgan fingerprint density at radius 2 is 1.72 bits per heavy atom. The van der Waals surface area contributed by atoms with Gasteiger partial charge in [-0.05, 0) is 13.3 Å². The largest absolute Gasteiger partial charge is 0.289 e. The van der Waals surface area contributed by atoms with Crippen molar-refractivity contribution in [2.24, 2.45) is 4.99 Å². The van der Waals surface area contributed by atoms with Crippen LogP contribution in [-0.4, -0.2) is 24.2 Å². The van der Waals surface area contributed by atoms with Gasteiger partial charge in [-0.3, -0.25) is 9.59 Å². The van der Waals surface area contributed by atoms with E-state index in [4.69, 9.17) is 0 Å². The molecule has 0 saturated heterocycles. The molecule has 1 aromatic rings. The van der Waals surface area contributed by atoms with Gasteiger partial charge in [0, 0.05) is 22.3 Å². The number of isocyanates is 1. The van der Waals surface area contributed by atoms with E-state index >= 15 is 0 Å². The van der Waals surface area contributed by atoms with Crippen LogP contribution >= 0.6 is 0 Å². The normalized spacial score (nSPS) is 14.3. The summed E-state index contributed by atoms with van der Waals surface area (Å²) in [4.78, 5) is 37.7. The Labute approximate surface area is 104 Å². The zero-order valence-corrected chi connectivity index (χ0v) is 9.90. The van der Waals surface area contributed by atoms with Crippen LogP contribution < -0.4 is 0 Å². The number of ketones is 2. The van der Waals surface area contributed by atoms with Gasteiger partial charge >= 0.3 is 0 Å². The van der Waals surface area contributed by atoms with Crippen LogP contribution in [0.2, 0.25) is 0 Å². The highest BCUT2D eigenvalue weighted by atomic mass is 16.1. The van der Waals surface area contributed by atoms with Gasteiger partial charge < -0.3 is 0 Å². The van der Waals surface area contributed by atoms with Crippen LogP contribution in [-0.2, 0) is 4.79 Å². The molecule has 0 spiro atoms. The van der Waals surface area contributed by atoms with E-state index in [-0.39, 0.29) is 18.1 Å². The lowest BCUT2D eigenvalue weighted by Crippen LogP contribution is -2.21. The number of allylic oxidation sites excluding steroid dienone is 1. The molecule has 1 aliphatic carbocycles. The van der Waals surface area contributed by atoms with Crippen molar-refractivity contribution in [1.29, 1.82) is 0 Å². The molecule has 0 atom stereocenters. The Balaban J connectivity index is 2.43. The monoisotopic (exact) mass is 241 g/mol. The Hall–Kier alpha value is -2.32. The third-order valence-corrected chi connectivity index (χ3v) is 3.02. The Morgan fingerprint density at radius 1 is 1.11 bits per heavy atom. The van der Waals surface area contributed by atoms with Gasteiger partial charge in [0.1, 0.15) is 0 Å². The summed E-state index contributed by atoms with van der Waals surface area (Å²) in [5, 5.41) is 0. The van der Waals surface area contributed by atoms with Crippen LogP contribution in [0.3, 0.4) is 0 Å². The SMILES string of the molecule is CC1=C(CCN=C=O)C(=O)c2ccccc2C1=O. The Morgan fingerprint density at radius 3 is 2.33 bits per heavy atom. The van der Waals surface area contributed by atoms with E-state index < -0.39 is 0 Å². The Bertz CT molecular complexity index is 607. The van der Waals surface area contributed by atoms with Gasteiger partial charge in [0.05, 0.1) is 6.54 Å². The second-order valence-electron chi connectivity index (χ2n) is 4.03. The molecule has 0 bridgehead atoms. The molecule has 18 heavy (non-hydrogen) atoms. The van der Waals surface area contributed by atoms with Gasteiger partial charge in [-0.15, -0.1) is 0 Å². The standard InChI is InChI=1S/C14H11NO3/c1-9-10(6-7-15-8-16)14(18)12-5-3-2-4-11(12)13(9)17/h2-5H,6-7H2,1H3. The molecule has 0 radical (unpaired) electrons. The van der Waals surface area contributed by atoms with E-state index in [1.165, 1.54) is 6.08 Å². The second-order valence-corrected chi connectivity index (χ2v) is 4.03. The van der Waals surface area contributed by atoms with Gasteiger partial charge in [-0.25, -0.2) is 9.79 Å². The number of hydrogen-bond donors (Lipinski definition) is 0. The number of Topliss-reactive ketones (excluding diaryl/α,β-unsaturated/α-hetero) is 2. The number of carbonyl (C=O) groups is 2. The maximum absolute atomic E-state index is 12.2. The number of hydrogen-bond acceptors (Lipinski definition) is 4. The van der Waals surface area contributed by atoms with E-state index in [2.05, 4.69) is 4.99 Å². The molecule has 0 fully saturated rings. The smallest absolute Gasteiger partial charge is 0.234 e. The molecule has 0 heterocycles. The lowest BCUT2D eigenvalue weighted by molar-refractivity contribution is 0.0972. The molecule has 2 rings (SSSR count). The third kappa shape index (κ3) is 1.94. The van der Waals surface area contributed by atoms with Crippen molar-refractivity contribution in [3.05, 3.63) is 46.5 Å². The van der Waals surface area contributed by atoms with E-state index in [0.29, 0.717) is 28.7 Å². The van der Waals surface area contributed by atoms with Crippen LogP contribution in [0.5, 0.6) is 0 Å². The molecule has 90 valence electrons. The number of carbonyl (C=O) groups excluding carboxylic acids is 3. The molecule has 4 heteroatoms. The van der Waals surface area contributed by atoms with E-state index in [9.17, 15) is 14.4 Å². The minimum absolute atomic E-state index is 0.129. The van der Waals surface area contributed by atoms with Crippen LogP contribution in [0.1, 0.15) is 34.1 Å². The first-order valence-electron chi connectivity index (χ1n) is 5.58. The lowest BCUT2D eigenvalue weighted by atomic mass is 9.83. The summed E-state index contributed by atoms with van der Waals surface area (Å²) >= 11 is 0. The molecule has 0 N–H and O–H groups in total. The fraction of sp³-hybridized carbons (Fsp3) is 0.214. The summed E-state index contributed by atoms with van der Waals surface area (Å²) in [6, 6.07) is 6.76. The minimum Gasteiger partial charge on any atom is -0.289 e. The van der Waals surface area contributed by atoms with E-state index in [0.717, 1.165) is 0 Å². The summed E-state index contributed by atoms with van der Waals surface area (Å²) in [5.41, 5.74) is 1.76. The highest BCUT2D eigenvalue weighted by Crippen LogP contribution is 2.27. The molecule has 0 aromatic heterocycles. The molecular weight excluding hydrogens is 230 g/mol. The fourth-order valence-corrected chi connectivity index (χ4v) is 2.07. The number of aliphatic imine (C=N–C) groups is 1. The van der Waals surface area contributed by atoms with Gasteiger partial charge in [0.15, 0.2) is 11.6 Å². The van der Waals surface area contributed by atoms with Crippen molar-refractivity contribution in [1.82, 2.24) is 0 Å². The lowest BCUT2D eigenvalue weighted by Gasteiger charge is -2.18. The Kier molecular flexibility index (Phi) is 3.31. The predicted octanol–water partition coefficient (Wildman–Crippen LogP) is 2.11. The molecule has 0 saturated carbocycles. The zero-order valence-electron chi connectivity index (χ0n) is 9.90. The van der Waals surface area contributed by atoms with Crippen LogP contribution in [0.4, 0.5) is 0 Å². The molecule has 1 aromatic carbocycles. The van der Waals surface area contributed by atoms with E-state index in [1.807, 2.05) is 0 Å². The molecule has 1 aliphatic rings. The van der Waals surface area contributed by atoms with Gasteiger partial charge in [0.2, 0.25) is 6.08 Å². The average Bonchev–Trinajstić information content (AvgIpc) is 2.40. The highest BCUT2D eigenvalue weighted by molar-refractivity contribution is 6.26. The number of fused-ring (bicyclic) bond motifs is 1. The first kappa shape index (κ1) is 12.1. The molecular formula is C14H11NO3. The summed E-state index contributed by atoms with van der Waals surface area (Å²) in [6.07, 6.45) is 1.72. The minimum atomic E-state index is -0.149. The van der Waals surface area contributed by atoms with Crippen LogP contribution in [0.15, 0.2) is 40.4 Å². The maximum Gasteiger partial charge on any atom is 0.234 e. The van der Waals surface area contributed by atoms with Gasteiger partial charge in [0.25, 0.3) is 0 Å². The highest BCUT2D eigenvalue weighted by Gasteiger charge is 2.28. The van der Waals surface area contributed by atoms with Crippen LogP contribution in [0.25, 0.3) is 0 Å². The fourth-order valence-electron chi connectivity index (χ4n) is 2.07. The quantitative estimate of drug-likeness (QED) is 0.601. The molecule has 0 amide bonds. The van der Waals surface area contributed by atoms with Crippen molar-refractivity contribution < 1.29 is 14.4 Å². The molecule has 0 unspecified atom stereocenters. The van der Waals surface area contributed by atoms with Crippen LogP contribution in [0, 0.1) is 0 Å². The molecule has 0 aliphatic heterocycles. The van der Waals surface area contributed by atoms with Crippen molar-refractivity contribution >= 4 is 17.6 Å². The average molecular weight is 241 g/mol. The van der Waals surface area contributed by atoms with Gasteiger partial charge in [-0.2, -0.15) is 0 Å². The second kappa shape index (κ2) is 4.90. The first-order valence-corrected chi connectivity index (χ1v) is 5.58. The van der Waals surface area contributed by atoms with E-state index in [1.54, 1.807) is 31.2 Å². The predicted molar refractivity (Wildman–Crippen MR) is 65.4 cm³/mol. The summed E-state index contributed by atoms with van der Waals surface area (Å²) in [6.45, 7) is 1.81. The number of benzene rings is 1. The summed E-state index contributed by atoms with van der Waals surface area (Å²) in [7, 11) is 0. The van der Waals surface area contributed by atoms with Gasteiger partial charge in [-0.1, -0.05) is 24.3 Å². The molecule has 4 nitrogen and oxygen atoms in total. The zero-order chi connectivity index (χ0) is 13.1. The van der Waals surface area contributed by atoms with Crippen molar-refractivity contribution in [2.75, 3.05) is 6.54 Å². The summed E-state index contributed by atoms with van der Waals surface area (Å²) in [5.74, 6) is -0.279. The topological polar surface area (TPSA) is 63.6 Å². The van der Waals surface area contributed by atoms with Crippen molar-refractivity contribution in [3.63, 3.8) is 0 Å². The first-order chi connectivity index (χ1) is 8.66. The number of rotatable bonds is 3. The van der Waals surface area contributed by atoms with Crippen molar-refractivity contribution in [2.45, 2.75) is 13.3 Å². The third-order valence-electron chi connectivity index (χ3n) is 3.02. The number of nitrogens with zero attached hydrogens (tertiary/aromatic N) is 1. The maximum atomic E-state index is 12.2.